The first-order valence-corrected chi connectivity index (χ1v) is 13.8. The van der Waals surface area contributed by atoms with Gasteiger partial charge in [0.15, 0.2) is 5.96 Å². The number of guanidine groups is 1. The van der Waals surface area contributed by atoms with Crippen LogP contribution in [0.2, 0.25) is 0 Å². The predicted octanol–water partition coefficient (Wildman–Crippen LogP) is 3.29. The molecule has 4 aromatic rings. The van der Waals surface area contributed by atoms with Crippen molar-refractivity contribution in [3.8, 4) is 16.9 Å². The van der Waals surface area contributed by atoms with E-state index in [2.05, 4.69) is 44.5 Å². The first-order chi connectivity index (χ1) is 19.0. The Hall–Kier alpha value is -3.95. The maximum atomic E-state index is 12.9. The van der Waals surface area contributed by atoms with Gasteiger partial charge in [0.1, 0.15) is 5.65 Å². The number of hydrogen-bond acceptors (Lipinski definition) is 5. The number of nitrogens with one attached hydrogen (secondary N) is 2. The number of aromatic amines is 1. The van der Waals surface area contributed by atoms with Crippen LogP contribution in [0, 0.1) is 0 Å². The lowest BCUT2D eigenvalue weighted by Crippen LogP contribution is -2.23. The third-order valence-corrected chi connectivity index (χ3v) is 7.15. The van der Waals surface area contributed by atoms with Gasteiger partial charge in [-0.15, -0.1) is 0 Å². The van der Waals surface area contributed by atoms with E-state index in [4.69, 9.17) is 17.2 Å². The third kappa shape index (κ3) is 6.93. The minimum absolute atomic E-state index is 0.121. The van der Waals surface area contributed by atoms with E-state index in [-0.39, 0.29) is 11.6 Å². The summed E-state index contributed by atoms with van der Waals surface area (Å²) in [7, 11) is 0. The Kier molecular flexibility index (Phi) is 8.39. The zero-order chi connectivity index (χ0) is 27.2. The van der Waals surface area contributed by atoms with E-state index in [1.165, 1.54) is 24.0 Å². The van der Waals surface area contributed by atoms with Crippen LogP contribution in [0.1, 0.15) is 54.7 Å². The lowest BCUT2D eigenvalue weighted by atomic mass is 9.98. The van der Waals surface area contributed by atoms with Crippen molar-refractivity contribution in [3.05, 3.63) is 81.9 Å². The van der Waals surface area contributed by atoms with E-state index >= 15 is 0 Å². The summed E-state index contributed by atoms with van der Waals surface area (Å²) < 4.78 is 1.60. The average Bonchev–Trinajstić information content (AvgIpc) is 3.70. The third-order valence-electron chi connectivity index (χ3n) is 7.15. The number of unbranched alkanes of at least 4 members (excludes halogenated alkanes) is 1. The summed E-state index contributed by atoms with van der Waals surface area (Å²) in [6.07, 6.45) is 8.39. The molecule has 9 nitrogen and oxygen atoms in total. The number of rotatable bonds is 13. The number of fused-ring (bicyclic) bond motifs is 1. The van der Waals surface area contributed by atoms with Gasteiger partial charge < -0.3 is 27.5 Å². The van der Waals surface area contributed by atoms with Crippen LogP contribution in [0.15, 0.2) is 64.5 Å². The number of benzene rings is 2. The predicted molar refractivity (Wildman–Crippen MR) is 158 cm³/mol. The molecular weight excluding hydrogens is 488 g/mol. The summed E-state index contributed by atoms with van der Waals surface area (Å²) in [5.74, 6) is 0.786. The van der Waals surface area contributed by atoms with E-state index in [0.29, 0.717) is 18.1 Å². The van der Waals surface area contributed by atoms with E-state index in [1.807, 2.05) is 30.5 Å². The largest absolute Gasteiger partial charge is 0.370 e. The van der Waals surface area contributed by atoms with E-state index in [0.717, 1.165) is 73.2 Å². The highest BCUT2D eigenvalue weighted by atomic mass is 16.1. The van der Waals surface area contributed by atoms with Crippen molar-refractivity contribution < 1.29 is 0 Å². The molecule has 39 heavy (non-hydrogen) atoms. The molecule has 2 aromatic carbocycles. The zero-order valence-corrected chi connectivity index (χ0v) is 22.3. The maximum Gasteiger partial charge on any atom is 0.354 e. The molecule has 9 heteroatoms. The van der Waals surface area contributed by atoms with Gasteiger partial charge in [-0.25, -0.2) is 4.79 Å². The first kappa shape index (κ1) is 26.6. The maximum absolute atomic E-state index is 12.9. The fourth-order valence-corrected chi connectivity index (χ4v) is 4.90. The molecule has 2 aromatic heterocycles. The van der Waals surface area contributed by atoms with Crippen LogP contribution in [-0.4, -0.2) is 40.1 Å². The van der Waals surface area contributed by atoms with Crippen LogP contribution >= 0.6 is 0 Å². The van der Waals surface area contributed by atoms with Crippen LogP contribution in [0.25, 0.3) is 28.0 Å². The van der Waals surface area contributed by atoms with Crippen LogP contribution in [0.5, 0.6) is 0 Å². The van der Waals surface area contributed by atoms with Crippen molar-refractivity contribution in [2.75, 3.05) is 19.6 Å². The number of H-pyrrole nitrogens is 1. The smallest absolute Gasteiger partial charge is 0.354 e. The minimum atomic E-state index is -0.310. The van der Waals surface area contributed by atoms with Crippen LogP contribution < -0.4 is 28.2 Å². The number of aromatic nitrogens is 3. The Balaban J connectivity index is 1.32. The summed E-state index contributed by atoms with van der Waals surface area (Å²) in [6, 6.07) is 16.9. The molecule has 0 bridgehead atoms. The molecule has 8 N–H and O–H groups in total. The molecule has 204 valence electrons. The Morgan fingerprint density at radius 1 is 1.05 bits per heavy atom. The van der Waals surface area contributed by atoms with E-state index < -0.39 is 0 Å². The highest BCUT2D eigenvalue weighted by Gasteiger charge is 2.24. The van der Waals surface area contributed by atoms with Gasteiger partial charge in [-0.3, -0.25) is 9.56 Å². The van der Waals surface area contributed by atoms with Gasteiger partial charge >= 0.3 is 5.69 Å². The van der Waals surface area contributed by atoms with Gasteiger partial charge in [-0.1, -0.05) is 18.2 Å². The average molecular weight is 527 g/mol. The van der Waals surface area contributed by atoms with Crippen LogP contribution in [0.4, 0.5) is 0 Å². The molecule has 0 saturated heterocycles. The monoisotopic (exact) mass is 526 g/mol. The fraction of sp³-hybridized carbons (Fsp3) is 0.367. The summed E-state index contributed by atoms with van der Waals surface area (Å²) in [4.78, 5) is 24.7. The second-order valence-electron chi connectivity index (χ2n) is 10.4. The van der Waals surface area contributed by atoms with E-state index in [1.54, 1.807) is 4.57 Å². The van der Waals surface area contributed by atoms with Crippen molar-refractivity contribution in [2.45, 2.75) is 51.0 Å². The van der Waals surface area contributed by atoms with Gasteiger partial charge in [-0.05, 0) is 110 Å². The molecule has 0 unspecified atom stereocenters. The molecule has 0 aliphatic heterocycles. The van der Waals surface area contributed by atoms with Gasteiger partial charge in [-0.2, -0.15) is 4.98 Å². The summed E-state index contributed by atoms with van der Waals surface area (Å²) >= 11 is 0. The van der Waals surface area contributed by atoms with Crippen molar-refractivity contribution >= 4 is 17.0 Å². The fourth-order valence-electron chi connectivity index (χ4n) is 4.90. The van der Waals surface area contributed by atoms with Crippen LogP contribution in [-0.2, 0) is 13.0 Å². The molecule has 1 saturated carbocycles. The van der Waals surface area contributed by atoms with Crippen molar-refractivity contribution in [1.29, 1.82) is 0 Å². The molecule has 0 spiro atoms. The van der Waals surface area contributed by atoms with Crippen molar-refractivity contribution in [3.63, 3.8) is 0 Å². The SMILES string of the molecule is NCCCCc1cc(-c2cc3cn(-c4ccc(CNCCCN=C(N)N)cc4)c(=O)nc3[nH]2)cc(C2CC2)c1. The topological polar surface area (TPSA) is 153 Å². The standard InChI is InChI=1S/C30H38N8O/c31-11-2-1-4-21-14-23(22-7-8-22)16-24(15-21)27-17-25-19-38(30(39)37-28(25)36-27)26-9-5-20(6-10-26)18-34-12-3-13-35-29(32)33/h5-6,9-10,14-17,19,22,34H,1-4,7-8,11-13,18,31H2,(H4,32,33,35)(H,36,37,39). The molecule has 2 heterocycles. The Morgan fingerprint density at radius 3 is 2.62 bits per heavy atom. The number of aryl methyl sites for hydroxylation is 1. The van der Waals surface area contributed by atoms with Crippen molar-refractivity contribution in [2.24, 2.45) is 22.2 Å². The molecule has 1 aliphatic rings. The Bertz CT molecular complexity index is 1490. The summed E-state index contributed by atoms with van der Waals surface area (Å²) in [5.41, 5.74) is 23.5. The Labute approximate surface area is 228 Å². The van der Waals surface area contributed by atoms with E-state index in [9.17, 15) is 4.79 Å². The number of nitrogens with zero attached hydrogens (tertiary/aromatic N) is 3. The number of nitrogens with two attached hydrogens (primary N) is 3. The summed E-state index contributed by atoms with van der Waals surface area (Å²) in [5, 5.41) is 4.28. The Morgan fingerprint density at radius 2 is 1.87 bits per heavy atom. The van der Waals surface area contributed by atoms with Gasteiger partial charge in [0, 0.05) is 30.4 Å². The molecule has 5 rings (SSSR count). The lowest BCUT2D eigenvalue weighted by molar-refractivity contribution is 0.655. The number of hydrogen-bond donors (Lipinski definition) is 5. The van der Waals surface area contributed by atoms with Gasteiger partial charge in [0.25, 0.3) is 0 Å². The zero-order valence-electron chi connectivity index (χ0n) is 22.3. The quantitative estimate of drug-likeness (QED) is 0.102. The first-order valence-electron chi connectivity index (χ1n) is 13.8. The molecule has 1 aliphatic carbocycles. The highest BCUT2D eigenvalue weighted by molar-refractivity contribution is 5.83. The molecular formula is C30H38N8O. The molecule has 0 amide bonds. The summed E-state index contributed by atoms with van der Waals surface area (Å²) in [6.45, 7) is 2.87. The van der Waals surface area contributed by atoms with Gasteiger partial charge in [0.2, 0.25) is 0 Å². The molecule has 0 atom stereocenters. The molecule has 1 fully saturated rings. The normalized spacial score (nSPS) is 13.2. The minimum Gasteiger partial charge on any atom is -0.370 e. The molecule has 0 radical (unpaired) electrons. The van der Waals surface area contributed by atoms with Gasteiger partial charge in [0.05, 0.1) is 5.69 Å². The number of aliphatic imine (C=N–C) groups is 1. The lowest BCUT2D eigenvalue weighted by Gasteiger charge is -2.09. The van der Waals surface area contributed by atoms with Crippen molar-refractivity contribution in [1.82, 2.24) is 19.9 Å². The van der Waals surface area contributed by atoms with Crippen LogP contribution in [0.3, 0.4) is 0 Å². The second-order valence-corrected chi connectivity index (χ2v) is 10.4. The second kappa shape index (κ2) is 12.3. The highest BCUT2D eigenvalue weighted by Crippen LogP contribution is 2.42.